The molecule has 0 bridgehead atoms. The average molecular weight is 311 g/mol. The van der Waals surface area contributed by atoms with Crippen molar-refractivity contribution in [3.63, 3.8) is 0 Å². The Kier molecular flexibility index (Phi) is 25.8. The molecule has 0 aromatic heterocycles. The molecular formula is C14H27ClO2Ti. The van der Waals surface area contributed by atoms with Gasteiger partial charge in [0.25, 0.3) is 0 Å². The van der Waals surface area contributed by atoms with Gasteiger partial charge < -0.3 is 17.6 Å². The van der Waals surface area contributed by atoms with E-state index in [4.69, 9.17) is 10.2 Å². The van der Waals surface area contributed by atoms with Crippen molar-refractivity contribution in [3.8, 4) is 0 Å². The van der Waals surface area contributed by atoms with Crippen molar-refractivity contribution in [3.05, 3.63) is 31.7 Å². The molecule has 0 amide bonds. The van der Waals surface area contributed by atoms with E-state index in [0.717, 1.165) is 11.8 Å². The number of rotatable bonds is 0. The molecule has 0 saturated heterocycles. The topological polar surface area (TPSA) is 40.5 Å². The second-order valence-corrected chi connectivity index (χ2v) is 3.66. The number of aliphatic hydroxyl groups is 2. The minimum absolute atomic E-state index is 0. The van der Waals surface area contributed by atoms with E-state index in [0.29, 0.717) is 0 Å². The van der Waals surface area contributed by atoms with Gasteiger partial charge >= 0.3 is 28.7 Å². The Morgan fingerprint density at radius 3 is 1.56 bits per heavy atom. The molecule has 0 heterocycles. The van der Waals surface area contributed by atoms with Crippen molar-refractivity contribution in [2.45, 2.75) is 33.1 Å². The van der Waals surface area contributed by atoms with E-state index in [9.17, 15) is 0 Å². The molecule has 2 nitrogen and oxygen atoms in total. The van der Waals surface area contributed by atoms with Crippen LogP contribution in [0.1, 0.15) is 33.1 Å². The first kappa shape index (κ1) is 23.5. The molecule has 1 saturated carbocycles. The number of fused-ring (bicyclic) bond motifs is 1. The predicted molar refractivity (Wildman–Crippen MR) is 76.9 cm³/mol. The summed E-state index contributed by atoms with van der Waals surface area (Å²) < 4.78 is 0. The Morgan fingerprint density at radius 1 is 1.00 bits per heavy atom. The third-order valence-electron chi connectivity index (χ3n) is 2.45. The van der Waals surface area contributed by atoms with Crippen molar-refractivity contribution in [2.24, 2.45) is 11.8 Å². The van der Waals surface area contributed by atoms with Crippen LogP contribution in [0.3, 0.4) is 0 Å². The summed E-state index contributed by atoms with van der Waals surface area (Å²) >= 11 is 1.47. The summed E-state index contributed by atoms with van der Waals surface area (Å²) in [5.41, 5.74) is 0. The van der Waals surface area contributed by atoms with E-state index < -0.39 is 0 Å². The minimum atomic E-state index is 0. The van der Waals surface area contributed by atoms with Gasteiger partial charge in [0.2, 0.25) is 0 Å². The maximum atomic E-state index is 7.57. The molecule has 2 atom stereocenters. The molecule has 4 heteroatoms. The summed E-state index contributed by atoms with van der Waals surface area (Å²) in [4.78, 5) is 0. The zero-order valence-corrected chi connectivity index (χ0v) is 14.1. The van der Waals surface area contributed by atoms with E-state index in [1.807, 2.05) is 0 Å². The fraction of sp³-hybridized carbons (Fsp3) is 0.643. The van der Waals surface area contributed by atoms with Crippen molar-refractivity contribution in [1.82, 2.24) is 0 Å². The van der Waals surface area contributed by atoms with E-state index in [1.54, 1.807) is 13.8 Å². The SMILES string of the molecule is C1=CC2CCC[C@@H]2C=C1.CCO.CCO.[CH3-].[Cl][Ti+]. The molecule has 18 heavy (non-hydrogen) atoms. The van der Waals surface area contributed by atoms with Gasteiger partial charge in [0.05, 0.1) is 0 Å². The first-order chi connectivity index (χ1) is 8.29. The molecule has 1 unspecified atom stereocenters. The molecule has 2 aliphatic carbocycles. The van der Waals surface area contributed by atoms with Gasteiger partial charge in [-0.3, -0.25) is 0 Å². The zero-order valence-electron chi connectivity index (χ0n) is 11.8. The van der Waals surface area contributed by atoms with Crippen LogP contribution in [0.2, 0.25) is 0 Å². The van der Waals surface area contributed by atoms with Crippen LogP contribution in [0.5, 0.6) is 0 Å². The number of hydrogen-bond donors (Lipinski definition) is 2. The molecule has 0 aliphatic heterocycles. The second-order valence-electron chi connectivity index (χ2n) is 3.66. The summed E-state index contributed by atoms with van der Waals surface area (Å²) in [5.74, 6) is 1.80. The van der Waals surface area contributed by atoms with Crippen LogP contribution in [0.25, 0.3) is 0 Å². The Bertz CT molecular complexity index is 176. The van der Waals surface area contributed by atoms with Gasteiger partial charge in [-0.15, -0.1) is 0 Å². The molecule has 0 aromatic rings. The number of allylic oxidation sites excluding steroid dienone is 4. The number of hydrogen-bond acceptors (Lipinski definition) is 2. The van der Waals surface area contributed by atoms with Crippen LogP contribution in [0, 0.1) is 19.3 Å². The third kappa shape index (κ3) is 12.9. The van der Waals surface area contributed by atoms with E-state index in [-0.39, 0.29) is 20.6 Å². The van der Waals surface area contributed by atoms with Crippen LogP contribution in [-0.2, 0) is 19.4 Å². The van der Waals surface area contributed by atoms with Crippen LogP contribution < -0.4 is 0 Å². The molecule has 2 rings (SSSR count). The van der Waals surface area contributed by atoms with Crippen molar-refractivity contribution in [1.29, 1.82) is 0 Å². The Hall–Kier alpha value is 0.404. The van der Waals surface area contributed by atoms with E-state index >= 15 is 0 Å². The molecule has 2 aliphatic rings. The second kappa shape index (κ2) is 19.7. The summed E-state index contributed by atoms with van der Waals surface area (Å²) in [7, 11) is 4.64. The quantitative estimate of drug-likeness (QED) is 0.529. The van der Waals surface area contributed by atoms with Crippen molar-refractivity contribution in [2.75, 3.05) is 13.2 Å². The molecular weight excluding hydrogens is 283 g/mol. The molecule has 0 spiro atoms. The summed E-state index contributed by atoms with van der Waals surface area (Å²) in [6.07, 6.45) is 13.4. The van der Waals surface area contributed by atoms with Crippen LogP contribution >= 0.6 is 9.30 Å². The third-order valence-corrected chi connectivity index (χ3v) is 2.45. The van der Waals surface area contributed by atoms with E-state index in [1.165, 1.54) is 38.6 Å². The Morgan fingerprint density at radius 2 is 1.28 bits per heavy atom. The summed E-state index contributed by atoms with van der Waals surface area (Å²) in [6.45, 7) is 3.86. The summed E-state index contributed by atoms with van der Waals surface area (Å²) in [6, 6.07) is 0. The van der Waals surface area contributed by atoms with Gasteiger partial charge in [0.15, 0.2) is 0 Å². The monoisotopic (exact) mass is 310 g/mol. The van der Waals surface area contributed by atoms with Crippen LogP contribution in [-0.4, -0.2) is 23.4 Å². The number of halogens is 1. The molecule has 0 aromatic carbocycles. The standard InChI is InChI=1S/C9H12.2C2H6O.CH3.ClH.Ti/c1-2-5-9-7-3-6-8(9)4-1;2*1-2-3;;;/h1-2,4-5,8-9H,3,6-7H2;2*3H,2H2,1H3;1H3;1H;/q;;;-1;;+2/p-1/t8-,9?;;;;;/m0...../s1. The fourth-order valence-corrected chi connectivity index (χ4v) is 1.91. The molecule has 0 radical (unpaired) electrons. The first-order valence-corrected chi connectivity index (χ1v) is 8.20. The Balaban J connectivity index is -0.000000216. The maximum absolute atomic E-state index is 7.57. The zero-order chi connectivity index (χ0) is 13.5. The molecule has 2 N–H and O–H groups in total. The normalized spacial score (nSPS) is 21.8. The van der Waals surface area contributed by atoms with Gasteiger partial charge in [0, 0.05) is 13.2 Å². The fourth-order valence-electron chi connectivity index (χ4n) is 1.91. The van der Waals surface area contributed by atoms with E-state index in [2.05, 4.69) is 33.6 Å². The van der Waals surface area contributed by atoms with Crippen LogP contribution in [0.4, 0.5) is 0 Å². The molecule has 106 valence electrons. The van der Waals surface area contributed by atoms with Gasteiger partial charge in [-0.25, -0.2) is 0 Å². The average Bonchev–Trinajstić information content (AvgIpc) is 2.82. The van der Waals surface area contributed by atoms with Gasteiger partial charge in [-0.2, -0.15) is 0 Å². The predicted octanol–water partition coefficient (Wildman–Crippen LogP) is 3.66. The molecule has 1 fully saturated rings. The van der Waals surface area contributed by atoms with Crippen molar-refractivity contribution >= 4 is 9.30 Å². The van der Waals surface area contributed by atoms with Gasteiger partial charge in [0.1, 0.15) is 0 Å². The first-order valence-electron chi connectivity index (χ1n) is 6.05. The summed E-state index contributed by atoms with van der Waals surface area (Å²) in [5, 5.41) is 15.1. The number of aliphatic hydroxyl groups excluding tert-OH is 2. The van der Waals surface area contributed by atoms with Crippen LogP contribution in [0.15, 0.2) is 24.3 Å². The van der Waals surface area contributed by atoms with Crippen molar-refractivity contribution < 1.29 is 29.6 Å². The van der Waals surface area contributed by atoms with Gasteiger partial charge in [-0.05, 0) is 38.5 Å². The Labute approximate surface area is 128 Å². The van der Waals surface area contributed by atoms with Gasteiger partial charge in [-0.1, -0.05) is 30.7 Å².